The first kappa shape index (κ1) is 12.4. The highest BCUT2D eigenvalue weighted by atomic mass is 32.2. The van der Waals surface area contributed by atoms with Crippen molar-refractivity contribution in [1.82, 2.24) is 14.3 Å². The minimum absolute atomic E-state index is 0.157. The van der Waals surface area contributed by atoms with E-state index in [0.717, 1.165) is 12.8 Å². The number of nitrogens with one attached hydrogen (secondary N) is 2. The molecule has 1 aliphatic heterocycles. The number of nitrogens with zero attached hydrogens (tertiary/aromatic N) is 1. The lowest BCUT2D eigenvalue weighted by atomic mass is 10.4. The van der Waals surface area contributed by atoms with E-state index in [-0.39, 0.29) is 12.5 Å². The van der Waals surface area contributed by atoms with Gasteiger partial charge in [-0.05, 0) is 12.8 Å². The molecule has 0 unspecified atom stereocenters. The molecule has 0 spiro atoms. The summed E-state index contributed by atoms with van der Waals surface area (Å²) in [6.45, 7) is 3.14. The van der Waals surface area contributed by atoms with Gasteiger partial charge in [0.2, 0.25) is 5.91 Å². The first-order valence-corrected chi connectivity index (χ1v) is 6.45. The van der Waals surface area contributed by atoms with E-state index >= 15 is 0 Å². The summed E-state index contributed by atoms with van der Waals surface area (Å²) in [5, 5.41) is 2.52. The molecule has 1 fully saturated rings. The summed E-state index contributed by atoms with van der Waals surface area (Å²) in [6.07, 6.45) is 1.85. The molecule has 1 rings (SSSR count). The molecular weight excluding hydrogens is 218 g/mol. The van der Waals surface area contributed by atoms with Gasteiger partial charge in [0.15, 0.2) is 0 Å². The van der Waals surface area contributed by atoms with Gasteiger partial charge in [0.25, 0.3) is 10.2 Å². The van der Waals surface area contributed by atoms with Crippen molar-refractivity contribution >= 4 is 16.1 Å². The topological polar surface area (TPSA) is 78.5 Å². The van der Waals surface area contributed by atoms with Crippen LogP contribution in [0.1, 0.15) is 19.8 Å². The quantitative estimate of drug-likeness (QED) is 0.603. The van der Waals surface area contributed by atoms with Crippen LogP contribution in [0.25, 0.3) is 0 Å². The van der Waals surface area contributed by atoms with Gasteiger partial charge in [-0.15, -0.1) is 0 Å². The highest BCUT2D eigenvalue weighted by molar-refractivity contribution is 7.87. The molecule has 0 atom stereocenters. The van der Waals surface area contributed by atoms with Gasteiger partial charge in [0.1, 0.15) is 0 Å². The highest BCUT2D eigenvalue weighted by Crippen LogP contribution is 2.10. The molecule has 0 aliphatic carbocycles. The van der Waals surface area contributed by atoms with Crippen molar-refractivity contribution < 1.29 is 13.2 Å². The Bertz CT molecular complexity index is 309. The summed E-state index contributed by atoms with van der Waals surface area (Å²) in [5.41, 5.74) is 0. The molecule has 0 bridgehead atoms. The summed E-state index contributed by atoms with van der Waals surface area (Å²) in [4.78, 5) is 10.5. The van der Waals surface area contributed by atoms with Crippen LogP contribution in [0.5, 0.6) is 0 Å². The molecule has 1 saturated heterocycles. The average Bonchev–Trinajstić information content (AvgIpc) is 2.65. The van der Waals surface area contributed by atoms with Gasteiger partial charge in [0.05, 0.1) is 0 Å². The number of carbonyl (C=O) groups excluding carboxylic acids is 1. The number of amides is 1. The molecule has 15 heavy (non-hydrogen) atoms. The van der Waals surface area contributed by atoms with E-state index < -0.39 is 10.2 Å². The van der Waals surface area contributed by atoms with E-state index in [0.29, 0.717) is 19.6 Å². The second kappa shape index (κ2) is 5.43. The third-order valence-corrected chi connectivity index (χ3v) is 3.80. The Morgan fingerprint density at radius 2 is 1.87 bits per heavy atom. The molecule has 88 valence electrons. The van der Waals surface area contributed by atoms with Crippen LogP contribution in [0, 0.1) is 0 Å². The minimum atomic E-state index is -3.33. The van der Waals surface area contributed by atoms with Gasteiger partial charge in [-0.3, -0.25) is 4.79 Å². The first-order chi connectivity index (χ1) is 7.02. The largest absolute Gasteiger partial charge is 0.355 e. The van der Waals surface area contributed by atoms with Gasteiger partial charge in [-0.1, -0.05) is 0 Å². The Hall–Kier alpha value is -0.660. The van der Waals surface area contributed by atoms with Crippen LogP contribution in [0.2, 0.25) is 0 Å². The zero-order valence-corrected chi connectivity index (χ0v) is 9.64. The van der Waals surface area contributed by atoms with Gasteiger partial charge < -0.3 is 5.32 Å². The van der Waals surface area contributed by atoms with Crippen molar-refractivity contribution in [2.75, 3.05) is 26.2 Å². The van der Waals surface area contributed by atoms with Crippen LogP contribution in [0.4, 0.5) is 0 Å². The Morgan fingerprint density at radius 1 is 1.27 bits per heavy atom. The van der Waals surface area contributed by atoms with Crippen LogP contribution in [-0.4, -0.2) is 44.8 Å². The standard InChI is InChI=1S/C8H17N3O3S/c1-8(12)9-4-5-10-15(13,14)11-6-2-3-7-11/h10H,2-7H2,1H3,(H,9,12). The lowest BCUT2D eigenvalue weighted by Crippen LogP contribution is -2.42. The molecule has 0 radical (unpaired) electrons. The third-order valence-electron chi connectivity index (χ3n) is 2.19. The van der Waals surface area contributed by atoms with Crippen molar-refractivity contribution in [2.24, 2.45) is 0 Å². The average molecular weight is 235 g/mol. The number of hydrogen-bond acceptors (Lipinski definition) is 3. The maximum Gasteiger partial charge on any atom is 0.279 e. The fourth-order valence-electron chi connectivity index (χ4n) is 1.44. The van der Waals surface area contributed by atoms with E-state index in [1.807, 2.05) is 0 Å². The number of carbonyl (C=O) groups is 1. The summed E-state index contributed by atoms with van der Waals surface area (Å²) in [7, 11) is -3.33. The molecule has 0 aromatic heterocycles. The van der Waals surface area contributed by atoms with Gasteiger partial charge in [-0.25, -0.2) is 4.72 Å². The fraction of sp³-hybridized carbons (Fsp3) is 0.875. The lowest BCUT2D eigenvalue weighted by Gasteiger charge is -2.15. The molecule has 7 heteroatoms. The van der Waals surface area contributed by atoms with Crippen LogP contribution in [0.15, 0.2) is 0 Å². The lowest BCUT2D eigenvalue weighted by molar-refractivity contribution is -0.118. The van der Waals surface area contributed by atoms with Crippen LogP contribution >= 0.6 is 0 Å². The van der Waals surface area contributed by atoms with Crippen molar-refractivity contribution in [3.63, 3.8) is 0 Å². The summed E-state index contributed by atoms with van der Waals surface area (Å²) < 4.78 is 27.0. The molecule has 2 N–H and O–H groups in total. The Labute approximate surface area is 90.2 Å². The second-order valence-corrected chi connectivity index (χ2v) is 5.24. The molecule has 6 nitrogen and oxygen atoms in total. The van der Waals surface area contributed by atoms with Crippen molar-refractivity contribution in [3.8, 4) is 0 Å². The van der Waals surface area contributed by atoms with Crippen LogP contribution in [-0.2, 0) is 15.0 Å². The Kier molecular flexibility index (Phi) is 4.49. The normalized spacial score (nSPS) is 17.9. The van der Waals surface area contributed by atoms with Gasteiger partial charge >= 0.3 is 0 Å². The Morgan fingerprint density at radius 3 is 2.40 bits per heavy atom. The van der Waals surface area contributed by atoms with E-state index in [1.54, 1.807) is 0 Å². The van der Waals surface area contributed by atoms with Crippen molar-refractivity contribution in [3.05, 3.63) is 0 Å². The van der Waals surface area contributed by atoms with E-state index in [1.165, 1.54) is 11.2 Å². The predicted octanol–water partition coefficient (Wildman–Crippen LogP) is -0.947. The number of rotatable bonds is 5. The van der Waals surface area contributed by atoms with Gasteiger partial charge in [-0.2, -0.15) is 12.7 Å². The summed E-state index contributed by atoms with van der Waals surface area (Å²) in [5.74, 6) is -0.157. The summed E-state index contributed by atoms with van der Waals surface area (Å²) >= 11 is 0. The van der Waals surface area contributed by atoms with Crippen molar-refractivity contribution in [1.29, 1.82) is 0 Å². The predicted molar refractivity (Wildman–Crippen MR) is 56.4 cm³/mol. The maximum absolute atomic E-state index is 11.6. The molecular formula is C8H17N3O3S. The Balaban J connectivity index is 2.27. The van der Waals surface area contributed by atoms with Crippen LogP contribution in [0.3, 0.4) is 0 Å². The number of hydrogen-bond donors (Lipinski definition) is 2. The van der Waals surface area contributed by atoms with Gasteiger partial charge in [0, 0.05) is 33.1 Å². The summed E-state index contributed by atoms with van der Waals surface area (Å²) in [6, 6.07) is 0. The molecule has 0 aromatic carbocycles. The molecule has 1 heterocycles. The van der Waals surface area contributed by atoms with Crippen LogP contribution < -0.4 is 10.0 Å². The first-order valence-electron chi connectivity index (χ1n) is 5.01. The highest BCUT2D eigenvalue weighted by Gasteiger charge is 2.24. The smallest absolute Gasteiger partial charge is 0.279 e. The van der Waals surface area contributed by atoms with E-state index in [2.05, 4.69) is 10.0 Å². The third kappa shape index (κ3) is 4.15. The zero-order chi connectivity index (χ0) is 11.3. The molecule has 1 amide bonds. The SMILES string of the molecule is CC(=O)NCCNS(=O)(=O)N1CCCC1. The fourth-order valence-corrected chi connectivity index (χ4v) is 2.72. The maximum atomic E-state index is 11.6. The molecule has 0 aromatic rings. The second-order valence-electron chi connectivity index (χ2n) is 3.49. The van der Waals surface area contributed by atoms with E-state index in [4.69, 9.17) is 0 Å². The molecule has 0 saturated carbocycles. The minimum Gasteiger partial charge on any atom is -0.355 e. The molecule has 1 aliphatic rings. The van der Waals surface area contributed by atoms with E-state index in [9.17, 15) is 13.2 Å². The van der Waals surface area contributed by atoms with Crippen molar-refractivity contribution in [2.45, 2.75) is 19.8 Å². The zero-order valence-electron chi connectivity index (χ0n) is 8.82. The monoisotopic (exact) mass is 235 g/mol.